The van der Waals surface area contributed by atoms with Crippen LogP contribution in [-0.4, -0.2) is 34.7 Å². The fourth-order valence-electron chi connectivity index (χ4n) is 2.54. The van der Waals surface area contributed by atoms with E-state index in [1.54, 1.807) is 18.3 Å². The van der Waals surface area contributed by atoms with E-state index in [4.69, 9.17) is 10.00 Å². The number of morpholine rings is 1. The summed E-state index contributed by atoms with van der Waals surface area (Å²) in [6.07, 6.45) is 1.78. The molecule has 8 heteroatoms. The average molecular weight is 358 g/mol. The summed E-state index contributed by atoms with van der Waals surface area (Å²) in [5, 5.41) is 8.90. The maximum Gasteiger partial charge on any atom is 0.274 e. The Kier molecular flexibility index (Phi) is 5.28. The molecular formula is C17H18N4O3S. The summed E-state index contributed by atoms with van der Waals surface area (Å²) in [7, 11) is -3.80. The van der Waals surface area contributed by atoms with Gasteiger partial charge in [-0.05, 0) is 24.3 Å². The monoisotopic (exact) mass is 358 g/mol. The number of nitrogens with zero attached hydrogens (tertiary/aromatic N) is 3. The summed E-state index contributed by atoms with van der Waals surface area (Å²) in [5.41, 5.74) is 1.08. The van der Waals surface area contributed by atoms with E-state index in [-0.39, 0.29) is 11.4 Å². The van der Waals surface area contributed by atoms with E-state index in [1.165, 1.54) is 18.2 Å². The Bertz CT molecular complexity index is 887. The number of hydrogen-bond donors (Lipinski definition) is 0. The predicted molar refractivity (Wildman–Crippen MR) is 91.4 cm³/mol. The minimum absolute atomic E-state index is 0.0300. The maximum absolute atomic E-state index is 12.3. The van der Waals surface area contributed by atoms with Crippen molar-refractivity contribution in [2.45, 2.75) is 11.4 Å². The number of benzene rings is 1. The van der Waals surface area contributed by atoms with Crippen molar-refractivity contribution in [3.05, 3.63) is 58.4 Å². The van der Waals surface area contributed by atoms with Crippen molar-refractivity contribution in [2.24, 2.45) is 0 Å². The van der Waals surface area contributed by atoms with E-state index < -0.39 is 10.0 Å². The van der Waals surface area contributed by atoms with Crippen molar-refractivity contribution in [3.8, 4) is 6.07 Å². The summed E-state index contributed by atoms with van der Waals surface area (Å²) in [6.45, 7) is 2.97. The highest BCUT2D eigenvalue weighted by atomic mass is 32.2. The first-order chi connectivity index (χ1) is 12.1. The topological polar surface area (TPSA) is 98.6 Å². The van der Waals surface area contributed by atoms with Gasteiger partial charge in [0.15, 0.2) is 0 Å². The van der Waals surface area contributed by atoms with Crippen LogP contribution in [-0.2, 0) is 21.3 Å². The van der Waals surface area contributed by atoms with Gasteiger partial charge in [0.1, 0.15) is 23.1 Å². The molecule has 0 saturated carbocycles. The second kappa shape index (κ2) is 7.61. The Hall–Kier alpha value is -2.47. The van der Waals surface area contributed by atoms with Crippen LogP contribution >= 0.6 is 0 Å². The van der Waals surface area contributed by atoms with Crippen LogP contribution in [0, 0.1) is 11.3 Å². The Labute approximate surface area is 146 Å². The number of anilines is 1. The molecule has 7 nitrogen and oxygen atoms in total. The molecule has 25 heavy (non-hydrogen) atoms. The molecule has 1 aromatic carbocycles. The molecule has 1 aliphatic heterocycles. The van der Waals surface area contributed by atoms with Crippen LogP contribution in [0.2, 0.25) is 0 Å². The second-order valence-corrected chi connectivity index (χ2v) is 7.26. The molecule has 0 unspecified atom stereocenters. The molecule has 3 rings (SSSR count). The molecule has 0 atom stereocenters. The van der Waals surface area contributed by atoms with Crippen molar-refractivity contribution in [3.63, 3.8) is 0 Å². The van der Waals surface area contributed by atoms with E-state index in [0.29, 0.717) is 18.8 Å². The minimum atomic E-state index is -3.80. The van der Waals surface area contributed by atoms with Crippen LogP contribution in [0.4, 0.5) is 5.82 Å². The summed E-state index contributed by atoms with van der Waals surface area (Å²) in [5.74, 6) is 0.917. The van der Waals surface area contributed by atoms with Gasteiger partial charge in [-0.3, -0.25) is 4.90 Å². The third kappa shape index (κ3) is 4.33. The lowest BCUT2D eigenvalue weighted by atomic mass is 10.2. The Morgan fingerprint density at radius 2 is 2.04 bits per heavy atom. The number of rotatable bonds is 5. The molecule has 0 amide bonds. The standard InChI is InChI=1S/C17H17N4O3S/c18-12-14-2-1-3-16(10-14)25(22,23)20-13-15-4-5-19-17(11-15)21-6-8-24-9-7-21/h1-5,10-11H,6-9,13H2/q-1/p+1. The molecule has 0 aliphatic carbocycles. The van der Waals surface area contributed by atoms with E-state index in [9.17, 15) is 8.42 Å². The molecule has 0 bridgehead atoms. The highest BCUT2D eigenvalue weighted by molar-refractivity contribution is 7.94. The fourth-order valence-corrected chi connectivity index (χ4v) is 3.54. The first-order valence-electron chi connectivity index (χ1n) is 7.86. The van der Waals surface area contributed by atoms with Crippen LogP contribution in [0.25, 0.3) is 4.72 Å². The lowest BCUT2D eigenvalue weighted by Gasteiger charge is -2.23. The quantitative estimate of drug-likeness (QED) is 0.806. The molecule has 130 valence electrons. The lowest BCUT2D eigenvalue weighted by molar-refractivity contribution is -0.364. The summed E-state index contributed by atoms with van der Waals surface area (Å²) >= 11 is 0. The van der Waals surface area contributed by atoms with Crippen LogP contribution in [0.3, 0.4) is 0 Å². The van der Waals surface area contributed by atoms with Crippen LogP contribution in [0.5, 0.6) is 0 Å². The van der Waals surface area contributed by atoms with Gasteiger partial charge in [-0.1, -0.05) is 11.6 Å². The van der Waals surface area contributed by atoms with Crippen molar-refractivity contribution in [1.82, 2.24) is 0 Å². The van der Waals surface area contributed by atoms with Gasteiger partial charge in [-0.25, -0.2) is 13.4 Å². The van der Waals surface area contributed by atoms with Gasteiger partial charge in [0.25, 0.3) is 5.82 Å². The number of nitrogens with one attached hydrogen (secondary N) is 1. The Morgan fingerprint density at radius 1 is 1.24 bits per heavy atom. The van der Waals surface area contributed by atoms with Gasteiger partial charge in [0.05, 0.1) is 31.0 Å². The first-order valence-corrected chi connectivity index (χ1v) is 9.30. The van der Waals surface area contributed by atoms with Crippen molar-refractivity contribution >= 4 is 15.8 Å². The van der Waals surface area contributed by atoms with Crippen LogP contribution in [0.15, 0.2) is 47.5 Å². The smallest absolute Gasteiger partial charge is 0.274 e. The van der Waals surface area contributed by atoms with E-state index in [2.05, 4.69) is 14.6 Å². The molecule has 1 aliphatic rings. The number of aromatic nitrogens is 1. The van der Waals surface area contributed by atoms with Crippen LogP contribution < -0.4 is 9.88 Å². The molecule has 0 radical (unpaired) electrons. The maximum atomic E-state index is 12.3. The van der Waals surface area contributed by atoms with Crippen molar-refractivity contribution < 1.29 is 18.1 Å². The van der Waals surface area contributed by atoms with E-state index >= 15 is 0 Å². The van der Waals surface area contributed by atoms with E-state index in [0.717, 1.165) is 24.5 Å². The summed E-state index contributed by atoms with van der Waals surface area (Å²) < 4.78 is 33.9. The summed E-state index contributed by atoms with van der Waals surface area (Å²) in [6, 6.07) is 11.5. The van der Waals surface area contributed by atoms with Gasteiger partial charge < -0.3 is 9.46 Å². The number of nitriles is 1. The Morgan fingerprint density at radius 3 is 2.80 bits per heavy atom. The lowest BCUT2D eigenvalue weighted by Crippen LogP contribution is -2.39. The molecule has 2 aromatic rings. The van der Waals surface area contributed by atoms with Crippen molar-refractivity contribution in [2.75, 3.05) is 31.2 Å². The highest BCUT2D eigenvalue weighted by Gasteiger charge is 2.18. The van der Waals surface area contributed by atoms with Gasteiger partial charge in [0, 0.05) is 11.0 Å². The largest absolute Gasteiger partial charge is 0.541 e. The molecule has 1 saturated heterocycles. The molecule has 1 aromatic heterocycles. The minimum Gasteiger partial charge on any atom is -0.541 e. The molecular weight excluding hydrogens is 340 g/mol. The molecule has 2 heterocycles. The molecule has 1 N–H and O–H groups in total. The summed E-state index contributed by atoms with van der Waals surface area (Å²) in [4.78, 5) is 5.35. The number of hydrogen-bond acceptors (Lipinski definition) is 5. The predicted octanol–water partition coefficient (Wildman–Crippen LogP) is 1.47. The van der Waals surface area contributed by atoms with Crippen LogP contribution in [0.1, 0.15) is 11.1 Å². The number of H-pyrrole nitrogens is 1. The molecule has 0 spiro atoms. The average Bonchev–Trinajstić information content (AvgIpc) is 2.67. The van der Waals surface area contributed by atoms with Crippen molar-refractivity contribution in [1.29, 1.82) is 5.26 Å². The van der Waals surface area contributed by atoms with E-state index in [1.807, 2.05) is 12.1 Å². The van der Waals surface area contributed by atoms with Gasteiger partial charge >= 0.3 is 0 Å². The SMILES string of the molecule is N#Cc1cccc(S(=O)(=O)[N-]Cc2cc[nH+]c(N3CCOCC3)c2)c1. The number of aromatic amines is 1. The second-order valence-electron chi connectivity index (χ2n) is 5.58. The van der Waals surface area contributed by atoms with Gasteiger partial charge in [-0.15, -0.1) is 6.54 Å². The normalized spacial score (nSPS) is 14.9. The third-order valence-corrected chi connectivity index (χ3v) is 5.20. The number of pyridine rings is 1. The highest BCUT2D eigenvalue weighted by Crippen LogP contribution is 2.21. The number of sulfonamides is 1. The zero-order valence-corrected chi connectivity index (χ0v) is 14.4. The Balaban J connectivity index is 1.71. The first kappa shape index (κ1) is 17.4. The van der Waals surface area contributed by atoms with Gasteiger partial charge in [0.2, 0.25) is 0 Å². The molecule has 1 fully saturated rings. The van der Waals surface area contributed by atoms with Gasteiger partial charge in [-0.2, -0.15) is 5.26 Å². The zero-order valence-electron chi connectivity index (χ0n) is 13.6. The fraction of sp³-hybridized carbons (Fsp3) is 0.294. The number of ether oxygens (including phenoxy) is 1. The zero-order chi connectivity index (χ0) is 17.7. The third-order valence-electron chi connectivity index (χ3n) is 3.88.